The molecule has 1 aromatic heterocycles. The summed E-state index contributed by atoms with van der Waals surface area (Å²) in [6.45, 7) is 10.3. The first-order valence-corrected chi connectivity index (χ1v) is 10.4. The molecule has 0 spiro atoms. The van der Waals surface area contributed by atoms with Gasteiger partial charge in [-0.3, -0.25) is 0 Å². The molecular weight excluding hydrogens is 358 g/mol. The normalized spacial score (nSPS) is 14.3. The van der Waals surface area contributed by atoms with Gasteiger partial charge in [-0.1, -0.05) is 42.5 Å². The van der Waals surface area contributed by atoms with E-state index in [1.807, 2.05) is 18.2 Å². The van der Waals surface area contributed by atoms with Crippen molar-refractivity contribution >= 4 is 17.3 Å². The maximum atomic E-state index is 4.90. The molecule has 1 aliphatic rings. The molecule has 150 valence electrons. The van der Waals surface area contributed by atoms with E-state index < -0.39 is 0 Å². The smallest absolute Gasteiger partial charge is 0.163 e. The molecule has 0 bridgehead atoms. The summed E-state index contributed by atoms with van der Waals surface area (Å²) in [5.41, 5.74) is 3.65. The molecule has 3 aromatic rings. The highest BCUT2D eigenvalue weighted by molar-refractivity contribution is 5.62. The molecule has 1 saturated heterocycles. The van der Waals surface area contributed by atoms with Crippen molar-refractivity contribution in [2.75, 3.05) is 41.3 Å². The lowest BCUT2D eigenvalue weighted by Gasteiger charge is -2.37. The van der Waals surface area contributed by atoms with Gasteiger partial charge in [0, 0.05) is 49.5 Å². The highest BCUT2D eigenvalue weighted by atomic mass is 15.3. The maximum Gasteiger partial charge on any atom is 0.163 e. The molecule has 4 rings (SSSR count). The van der Waals surface area contributed by atoms with E-state index in [0.717, 1.165) is 49.2 Å². The second-order valence-electron chi connectivity index (χ2n) is 7.91. The van der Waals surface area contributed by atoms with Crippen molar-refractivity contribution in [2.45, 2.75) is 26.8 Å². The van der Waals surface area contributed by atoms with E-state index in [9.17, 15) is 0 Å². The van der Waals surface area contributed by atoms with Crippen molar-refractivity contribution in [3.63, 3.8) is 0 Å². The number of aromatic nitrogens is 2. The van der Waals surface area contributed by atoms with Crippen LogP contribution in [0.25, 0.3) is 11.4 Å². The Bertz CT molecular complexity index is 946. The minimum atomic E-state index is 0.319. The molecule has 1 N–H and O–H groups in total. The van der Waals surface area contributed by atoms with E-state index in [4.69, 9.17) is 9.97 Å². The fourth-order valence-electron chi connectivity index (χ4n) is 3.70. The van der Waals surface area contributed by atoms with Crippen molar-refractivity contribution in [3.05, 3.63) is 66.2 Å². The molecule has 5 heteroatoms. The average Bonchev–Trinajstić information content (AvgIpc) is 2.74. The minimum absolute atomic E-state index is 0.319. The number of hydrogen-bond donors (Lipinski definition) is 1. The third kappa shape index (κ3) is 4.67. The summed E-state index contributed by atoms with van der Waals surface area (Å²) in [5.74, 6) is 2.64. The van der Waals surface area contributed by atoms with Crippen LogP contribution in [0, 0.1) is 6.92 Å². The van der Waals surface area contributed by atoms with Crippen LogP contribution in [0.4, 0.5) is 17.3 Å². The molecule has 1 fully saturated rings. The van der Waals surface area contributed by atoms with Crippen LogP contribution in [0.15, 0.2) is 60.7 Å². The van der Waals surface area contributed by atoms with Crippen LogP contribution in [0.2, 0.25) is 0 Å². The first kappa shape index (κ1) is 19.2. The van der Waals surface area contributed by atoms with E-state index in [1.165, 1.54) is 11.3 Å². The van der Waals surface area contributed by atoms with Crippen molar-refractivity contribution in [1.29, 1.82) is 0 Å². The standard InChI is InChI=1S/C24H29N5/c1-18(2)25-22-17-23(27-24(26-22)20-9-5-4-6-10-20)29-14-12-28(13-15-29)21-11-7-8-19(3)16-21/h4-11,16-18H,12-15H2,1-3H3,(H,25,26,27). The summed E-state index contributed by atoms with van der Waals surface area (Å²) in [6.07, 6.45) is 0. The van der Waals surface area contributed by atoms with Gasteiger partial charge in [0.25, 0.3) is 0 Å². The Labute approximate surface area is 173 Å². The van der Waals surface area contributed by atoms with Crippen molar-refractivity contribution in [2.24, 2.45) is 0 Å². The molecule has 0 unspecified atom stereocenters. The van der Waals surface area contributed by atoms with E-state index in [0.29, 0.717) is 6.04 Å². The lowest BCUT2D eigenvalue weighted by molar-refractivity contribution is 0.647. The zero-order valence-electron chi connectivity index (χ0n) is 17.5. The predicted molar refractivity (Wildman–Crippen MR) is 122 cm³/mol. The molecule has 0 amide bonds. The van der Waals surface area contributed by atoms with Gasteiger partial charge in [0.15, 0.2) is 5.82 Å². The molecule has 29 heavy (non-hydrogen) atoms. The van der Waals surface area contributed by atoms with Crippen LogP contribution >= 0.6 is 0 Å². The Morgan fingerprint density at radius 2 is 1.55 bits per heavy atom. The van der Waals surface area contributed by atoms with Gasteiger partial charge >= 0.3 is 0 Å². The number of hydrogen-bond acceptors (Lipinski definition) is 5. The zero-order chi connectivity index (χ0) is 20.2. The van der Waals surface area contributed by atoms with Crippen LogP contribution in [0.1, 0.15) is 19.4 Å². The van der Waals surface area contributed by atoms with Crippen molar-refractivity contribution < 1.29 is 0 Å². The van der Waals surface area contributed by atoms with Crippen molar-refractivity contribution in [3.8, 4) is 11.4 Å². The number of rotatable bonds is 5. The van der Waals surface area contributed by atoms with Crippen molar-refractivity contribution in [1.82, 2.24) is 9.97 Å². The van der Waals surface area contributed by atoms with Gasteiger partial charge in [-0.15, -0.1) is 0 Å². The van der Waals surface area contributed by atoms with E-state index >= 15 is 0 Å². The minimum Gasteiger partial charge on any atom is -0.368 e. The van der Waals surface area contributed by atoms with Crippen LogP contribution < -0.4 is 15.1 Å². The molecule has 5 nitrogen and oxygen atoms in total. The van der Waals surface area contributed by atoms with Gasteiger partial charge in [0.1, 0.15) is 11.6 Å². The molecule has 0 atom stereocenters. The van der Waals surface area contributed by atoms with E-state index in [1.54, 1.807) is 0 Å². The summed E-state index contributed by atoms with van der Waals surface area (Å²) in [7, 11) is 0. The van der Waals surface area contributed by atoms with Gasteiger partial charge in [-0.05, 0) is 38.5 Å². The number of benzene rings is 2. The number of anilines is 3. The number of piperazine rings is 1. The monoisotopic (exact) mass is 387 g/mol. The molecule has 0 radical (unpaired) electrons. The van der Waals surface area contributed by atoms with E-state index in [2.05, 4.69) is 78.4 Å². The lowest BCUT2D eigenvalue weighted by atomic mass is 10.2. The zero-order valence-corrected chi connectivity index (χ0v) is 17.5. The maximum absolute atomic E-state index is 4.90. The lowest BCUT2D eigenvalue weighted by Crippen LogP contribution is -2.47. The highest BCUT2D eigenvalue weighted by Gasteiger charge is 2.20. The third-order valence-electron chi connectivity index (χ3n) is 5.15. The molecular formula is C24H29N5. The van der Waals surface area contributed by atoms with Gasteiger partial charge in [0.05, 0.1) is 0 Å². The quantitative estimate of drug-likeness (QED) is 0.693. The third-order valence-corrected chi connectivity index (χ3v) is 5.15. The average molecular weight is 388 g/mol. The van der Waals surface area contributed by atoms with Crippen LogP contribution in [-0.4, -0.2) is 42.2 Å². The SMILES string of the molecule is Cc1cccc(N2CCN(c3cc(NC(C)C)nc(-c4ccccc4)n3)CC2)c1. The topological polar surface area (TPSA) is 44.3 Å². The van der Waals surface area contributed by atoms with Crippen LogP contribution in [0.3, 0.4) is 0 Å². The van der Waals surface area contributed by atoms with Gasteiger partial charge < -0.3 is 15.1 Å². The number of nitrogens with one attached hydrogen (secondary N) is 1. The second kappa shape index (κ2) is 8.52. The molecule has 0 saturated carbocycles. The summed E-state index contributed by atoms with van der Waals surface area (Å²) in [4.78, 5) is 14.5. The second-order valence-corrected chi connectivity index (χ2v) is 7.91. The summed E-state index contributed by atoms with van der Waals surface area (Å²) >= 11 is 0. The fraction of sp³-hybridized carbons (Fsp3) is 0.333. The Hall–Kier alpha value is -3.08. The van der Waals surface area contributed by atoms with Gasteiger partial charge in [-0.2, -0.15) is 0 Å². The Balaban J connectivity index is 1.56. The largest absolute Gasteiger partial charge is 0.368 e. The first-order valence-electron chi connectivity index (χ1n) is 10.4. The van der Waals surface area contributed by atoms with E-state index in [-0.39, 0.29) is 0 Å². The van der Waals surface area contributed by atoms with Gasteiger partial charge in [0.2, 0.25) is 0 Å². The fourth-order valence-corrected chi connectivity index (χ4v) is 3.70. The van der Waals surface area contributed by atoms with Crippen LogP contribution in [-0.2, 0) is 0 Å². The summed E-state index contributed by atoms with van der Waals surface area (Å²) in [5, 5.41) is 3.45. The Kier molecular flexibility index (Phi) is 5.65. The first-order chi connectivity index (χ1) is 14.1. The van der Waals surface area contributed by atoms with Gasteiger partial charge in [-0.25, -0.2) is 9.97 Å². The molecule has 2 heterocycles. The summed E-state index contributed by atoms with van der Waals surface area (Å²) < 4.78 is 0. The Morgan fingerprint density at radius 3 is 2.24 bits per heavy atom. The number of aryl methyl sites for hydroxylation is 1. The molecule has 0 aliphatic carbocycles. The highest BCUT2D eigenvalue weighted by Crippen LogP contribution is 2.25. The van der Waals surface area contributed by atoms with Crippen LogP contribution in [0.5, 0.6) is 0 Å². The number of nitrogens with zero attached hydrogens (tertiary/aromatic N) is 4. The summed E-state index contributed by atoms with van der Waals surface area (Å²) in [6, 6.07) is 21.3. The predicted octanol–water partition coefficient (Wildman–Crippen LogP) is 4.60. The molecule has 1 aliphatic heterocycles. The molecule has 2 aromatic carbocycles. The Morgan fingerprint density at radius 1 is 0.828 bits per heavy atom.